The topological polar surface area (TPSA) is 32.7 Å². The molecule has 0 bridgehead atoms. The van der Waals surface area contributed by atoms with E-state index in [0.29, 0.717) is 5.56 Å². The van der Waals surface area contributed by atoms with Gasteiger partial charge in [0.15, 0.2) is 0 Å². The first-order valence-electron chi connectivity index (χ1n) is 4.83. The van der Waals surface area contributed by atoms with Gasteiger partial charge in [-0.1, -0.05) is 6.07 Å². The molecule has 80 valence electrons. The molecule has 0 spiro atoms. The van der Waals surface area contributed by atoms with Gasteiger partial charge in [-0.15, -0.1) is 0 Å². The van der Waals surface area contributed by atoms with Gasteiger partial charge in [0.25, 0.3) is 5.91 Å². The zero-order valence-electron chi connectivity index (χ0n) is 9.61. The minimum absolute atomic E-state index is 0.202. The predicted molar refractivity (Wildman–Crippen MR) is 62.4 cm³/mol. The number of hydrogen-bond acceptors (Lipinski definition) is 1. The summed E-state index contributed by atoms with van der Waals surface area (Å²) >= 11 is 0. The smallest absolute Gasteiger partial charge is 0.278 e. The maximum atomic E-state index is 11.6. The summed E-state index contributed by atoms with van der Waals surface area (Å²) in [5.41, 5.74) is 2.93. The molecular weight excluding hydrogens is 188 g/mol. The standard InChI is InChI=1S/C12H16N2O/c1-9-5-6-11(7-10(9)2)12(15)13-8-14(3)4/h5-8H,1-4H3. The van der Waals surface area contributed by atoms with E-state index in [9.17, 15) is 4.79 Å². The number of aryl methyl sites for hydroxylation is 2. The van der Waals surface area contributed by atoms with E-state index in [-0.39, 0.29) is 5.91 Å². The second-order valence-electron chi connectivity index (χ2n) is 3.81. The molecule has 0 heterocycles. The number of carbonyl (C=O) groups is 1. The predicted octanol–water partition coefficient (Wildman–Crippen LogP) is 2.03. The largest absolute Gasteiger partial charge is 0.369 e. The summed E-state index contributed by atoms with van der Waals surface area (Å²) in [7, 11) is 3.66. The maximum Gasteiger partial charge on any atom is 0.278 e. The molecule has 0 aliphatic heterocycles. The zero-order chi connectivity index (χ0) is 11.4. The van der Waals surface area contributed by atoms with Crippen molar-refractivity contribution in [3.05, 3.63) is 34.9 Å². The normalized spacial score (nSPS) is 10.7. The van der Waals surface area contributed by atoms with E-state index in [4.69, 9.17) is 0 Å². The third-order valence-corrected chi connectivity index (χ3v) is 2.16. The highest BCUT2D eigenvalue weighted by atomic mass is 16.1. The molecule has 0 aliphatic carbocycles. The van der Waals surface area contributed by atoms with E-state index in [2.05, 4.69) is 4.99 Å². The van der Waals surface area contributed by atoms with Gasteiger partial charge < -0.3 is 4.90 Å². The van der Waals surface area contributed by atoms with E-state index < -0.39 is 0 Å². The Morgan fingerprint density at radius 3 is 2.47 bits per heavy atom. The van der Waals surface area contributed by atoms with Crippen LogP contribution in [0.2, 0.25) is 0 Å². The van der Waals surface area contributed by atoms with Crippen molar-refractivity contribution >= 4 is 12.2 Å². The number of hydrogen-bond donors (Lipinski definition) is 0. The van der Waals surface area contributed by atoms with Crippen molar-refractivity contribution in [2.24, 2.45) is 4.99 Å². The van der Waals surface area contributed by atoms with Gasteiger partial charge in [0.2, 0.25) is 0 Å². The molecule has 0 unspecified atom stereocenters. The van der Waals surface area contributed by atoms with Crippen molar-refractivity contribution < 1.29 is 4.79 Å². The molecule has 0 N–H and O–H groups in total. The fourth-order valence-electron chi connectivity index (χ4n) is 1.12. The fraction of sp³-hybridized carbons (Fsp3) is 0.333. The average Bonchev–Trinajstić information content (AvgIpc) is 2.18. The first-order valence-corrected chi connectivity index (χ1v) is 4.83. The van der Waals surface area contributed by atoms with Crippen molar-refractivity contribution in [1.29, 1.82) is 0 Å². The summed E-state index contributed by atoms with van der Waals surface area (Å²) in [5, 5.41) is 0. The van der Waals surface area contributed by atoms with Crippen LogP contribution in [0.15, 0.2) is 23.2 Å². The highest BCUT2D eigenvalue weighted by Gasteiger charge is 2.04. The number of aliphatic imine (C=N–C) groups is 1. The number of nitrogens with zero attached hydrogens (tertiary/aromatic N) is 2. The fourth-order valence-corrected chi connectivity index (χ4v) is 1.12. The van der Waals surface area contributed by atoms with Crippen molar-refractivity contribution in [2.75, 3.05) is 14.1 Å². The summed E-state index contributed by atoms with van der Waals surface area (Å²) in [6, 6.07) is 5.61. The Bertz CT molecular complexity index is 395. The van der Waals surface area contributed by atoms with Crippen LogP contribution < -0.4 is 0 Å². The monoisotopic (exact) mass is 204 g/mol. The Kier molecular flexibility index (Phi) is 3.61. The van der Waals surface area contributed by atoms with Crippen LogP contribution in [0.5, 0.6) is 0 Å². The van der Waals surface area contributed by atoms with Crippen LogP contribution >= 0.6 is 0 Å². The van der Waals surface area contributed by atoms with Gasteiger partial charge in [-0.05, 0) is 37.1 Å². The molecule has 3 heteroatoms. The van der Waals surface area contributed by atoms with Crippen molar-refractivity contribution in [2.45, 2.75) is 13.8 Å². The van der Waals surface area contributed by atoms with E-state index in [1.54, 1.807) is 11.0 Å². The summed E-state index contributed by atoms with van der Waals surface area (Å²) in [6.45, 7) is 4.01. The SMILES string of the molecule is Cc1ccc(C(=O)N=CN(C)C)cc1C. The lowest BCUT2D eigenvalue weighted by Gasteiger charge is -2.03. The molecule has 0 fully saturated rings. The minimum Gasteiger partial charge on any atom is -0.369 e. The molecule has 0 radical (unpaired) electrons. The third-order valence-electron chi connectivity index (χ3n) is 2.16. The molecule has 1 rings (SSSR count). The van der Waals surface area contributed by atoms with Gasteiger partial charge >= 0.3 is 0 Å². The number of rotatable bonds is 2. The first kappa shape index (κ1) is 11.4. The summed E-state index contributed by atoms with van der Waals surface area (Å²) in [5.74, 6) is -0.202. The van der Waals surface area contributed by atoms with Crippen LogP contribution in [-0.2, 0) is 0 Å². The van der Waals surface area contributed by atoms with Crippen LogP contribution in [0.4, 0.5) is 0 Å². The molecule has 0 aromatic heterocycles. The third kappa shape index (κ3) is 3.20. The molecule has 1 aromatic rings. The highest BCUT2D eigenvalue weighted by Crippen LogP contribution is 2.10. The van der Waals surface area contributed by atoms with E-state index in [1.165, 1.54) is 11.9 Å². The zero-order valence-corrected chi connectivity index (χ0v) is 9.61. The van der Waals surface area contributed by atoms with Crippen LogP contribution in [-0.4, -0.2) is 31.2 Å². The highest BCUT2D eigenvalue weighted by molar-refractivity contribution is 5.98. The Morgan fingerprint density at radius 1 is 1.27 bits per heavy atom. The van der Waals surface area contributed by atoms with Gasteiger partial charge in [-0.2, -0.15) is 4.99 Å². The Balaban J connectivity index is 2.88. The molecule has 15 heavy (non-hydrogen) atoms. The second-order valence-corrected chi connectivity index (χ2v) is 3.81. The lowest BCUT2D eigenvalue weighted by atomic mass is 10.1. The lowest BCUT2D eigenvalue weighted by molar-refractivity contribution is 0.100. The molecule has 0 saturated carbocycles. The van der Waals surface area contributed by atoms with Crippen LogP contribution in [0.25, 0.3) is 0 Å². The first-order chi connectivity index (χ1) is 7.00. The number of benzene rings is 1. The molecule has 0 atom stereocenters. The molecule has 0 saturated heterocycles. The minimum atomic E-state index is -0.202. The molecular formula is C12H16N2O. The van der Waals surface area contributed by atoms with Gasteiger partial charge in [0, 0.05) is 19.7 Å². The maximum absolute atomic E-state index is 11.6. The molecule has 0 aliphatic rings. The number of carbonyl (C=O) groups excluding carboxylic acids is 1. The van der Waals surface area contributed by atoms with Crippen LogP contribution in [0, 0.1) is 13.8 Å². The van der Waals surface area contributed by atoms with Crippen molar-refractivity contribution in [3.63, 3.8) is 0 Å². The Hall–Kier alpha value is -1.64. The molecule has 3 nitrogen and oxygen atoms in total. The van der Waals surface area contributed by atoms with Gasteiger partial charge in [-0.3, -0.25) is 4.79 Å². The lowest BCUT2D eigenvalue weighted by Crippen LogP contribution is -2.09. The van der Waals surface area contributed by atoms with Crippen molar-refractivity contribution in [3.8, 4) is 0 Å². The van der Waals surface area contributed by atoms with Gasteiger partial charge in [0.05, 0.1) is 6.34 Å². The van der Waals surface area contributed by atoms with E-state index in [1.807, 2.05) is 40.1 Å². The Morgan fingerprint density at radius 2 is 1.93 bits per heavy atom. The van der Waals surface area contributed by atoms with Gasteiger partial charge in [0.1, 0.15) is 0 Å². The molecule has 1 aromatic carbocycles. The Labute approximate surface area is 90.4 Å². The number of amides is 1. The van der Waals surface area contributed by atoms with Crippen LogP contribution in [0.1, 0.15) is 21.5 Å². The van der Waals surface area contributed by atoms with E-state index >= 15 is 0 Å². The summed E-state index contributed by atoms with van der Waals surface area (Å²) in [6.07, 6.45) is 1.51. The average molecular weight is 204 g/mol. The van der Waals surface area contributed by atoms with Gasteiger partial charge in [-0.25, -0.2) is 0 Å². The van der Waals surface area contributed by atoms with Crippen molar-refractivity contribution in [1.82, 2.24) is 4.90 Å². The molecule has 1 amide bonds. The van der Waals surface area contributed by atoms with Crippen LogP contribution in [0.3, 0.4) is 0 Å². The summed E-state index contributed by atoms with van der Waals surface area (Å²) < 4.78 is 0. The quantitative estimate of drug-likeness (QED) is 0.545. The summed E-state index contributed by atoms with van der Waals surface area (Å²) in [4.78, 5) is 17.1. The second kappa shape index (κ2) is 4.73. The van der Waals surface area contributed by atoms with E-state index in [0.717, 1.165) is 5.56 Å².